The van der Waals surface area contributed by atoms with Crippen LogP contribution in [0.3, 0.4) is 0 Å². The molecule has 15 heteroatoms. The van der Waals surface area contributed by atoms with Crippen molar-refractivity contribution in [2.24, 2.45) is 7.05 Å². The molecule has 6 N–H and O–H groups in total. The Hall–Kier alpha value is -5.44. The molecular weight excluding hydrogens is 641 g/mol. The largest absolute Gasteiger partial charge is 0.383 e. The van der Waals surface area contributed by atoms with Gasteiger partial charge in [-0.15, -0.1) is 0 Å². The molecule has 1 aromatic carbocycles. The van der Waals surface area contributed by atoms with Gasteiger partial charge in [0.15, 0.2) is 21.1 Å². The van der Waals surface area contributed by atoms with E-state index in [9.17, 15) is 8.42 Å². The van der Waals surface area contributed by atoms with E-state index in [1.54, 1.807) is 0 Å². The van der Waals surface area contributed by atoms with Gasteiger partial charge in [0.25, 0.3) is 0 Å². The molecule has 49 heavy (non-hydrogen) atoms. The van der Waals surface area contributed by atoms with Crippen LogP contribution in [0.2, 0.25) is 0 Å². The van der Waals surface area contributed by atoms with Crippen molar-refractivity contribution in [2.45, 2.75) is 59.9 Å². The molecule has 0 aliphatic carbocycles. The summed E-state index contributed by atoms with van der Waals surface area (Å²) in [4.78, 5) is 27.1. The molecule has 0 saturated heterocycles. The molecule has 0 saturated carbocycles. The highest BCUT2D eigenvalue weighted by molar-refractivity contribution is 7.90. The summed E-state index contributed by atoms with van der Waals surface area (Å²) in [7, 11) is -1.53. The molecule has 254 valence electrons. The first-order chi connectivity index (χ1) is 23.3. The fraction of sp³-hybridized carbons (Fsp3) is 0.324. The van der Waals surface area contributed by atoms with E-state index in [0.29, 0.717) is 64.6 Å². The molecule has 0 bridgehead atoms. The van der Waals surface area contributed by atoms with Crippen molar-refractivity contribution in [2.75, 3.05) is 27.9 Å². The minimum absolute atomic E-state index is 0.0623. The van der Waals surface area contributed by atoms with Crippen molar-refractivity contribution in [3.63, 3.8) is 0 Å². The van der Waals surface area contributed by atoms with Crippen LogP contribution in [0, 0.1) is 34.6 Å². The first-order valence-corrected chi connectivity index (χ1v) is 17.7. The Morgan fingerprint density at radius 1 is 0.735 bits per heavy atom. The summed E-state index contributed by atoms with van der Waals surface area (Å²) in [5, 5.41) is 12.3. The van der Waals surface area contributed by atoms with Crippen molar-refractivity contribution < 1.29 is 8.42 Å². The standard InChI is InChI=1S/C34H40N12O2S/c1-18-13-20(3)39-31-27(18)29(35)41-33(43-31)37-15-23-7-9-24(10-8-23)17-49(47,48)12-11-25-14-19(2)28-30(36)42-34(44-32(28)40-25)38-16-26-21(4)45-46(6)22(26)5/h7-10,13-14H,11-12,15-17H2,1-6H3,(H3,35,37,39,41,43)(H3,36,38,40,42,44). The number of anilines is 4. The molecule has 0 aliphatic rings. The number of aryl methyl sites for hydroxylation is 6. The lowest BCUT2D eigenvalue weighted by Crippen LogP contribution is -2.13. The van der Waals surface area contributed by atoms with E-state index in [1.807, 2.05) is 82.7 Å². The maximum atomic E-state index is 13.2. The number of benzene rings is 1. The SMILES string of the molecule is Cc1cc(C)c2c(N)nc(NCc3ccc(CS(=O)(=O)CCc4cc(C)c5c(N)nc(NCc6c(C)nn(C)c6C)nc5n4)cc3)nc2n1. The van der Waals surface area contributed by atoms with Crippen molar-refractivity contribution in [1.82, 2.24) is 39.7 Å². The minimum Gasteiger partial charge on any atom is -0.383 e. The molecule has 14 nitrogen and oxygen atoms in total. The van der Waals surface area contributed by atoms with Gasteiger partial charge in [0.1, 0.15) is 11.6 Å². The van der Waals surface area contributed by atoms with E-state index in [1.165, 1.54) is 0 Å². The lowest BCUT2D eigenvalue weighted by atomic mass is 10.1. The van der Waals surface area contributed by atoms with E-state index >= 15 is 0 Å². The highest BCUT2D eigenvalue weighted by Crippen LogP contribution is 2.25. The highest BCUT2D eigenvalue weighted by atomic mass is 32.2. The number of nitrogens with zero attached hydrogens (tertiary/aromatic N) is 8. The van der Waals surface area contributed by atoms with Gasteiger partial charge in [0, 0.05) is 49.2 Å². The van der Waals surface area contributed by atoms with E-state index in [0.717, 1.165) is 44.7 Å². The van der Waals surface area contributed by atoms with Gasteiger partial charge >= 0.3 is 0 Å². The maximum Gasteiger partial charge on any atom is 0.226 e. The molecule has 0 unspecified atom stereocenters. The zero-order chi connectivity index (χ0) is 35.0. The zero-order valence-electron chi connectivity index (χ0n) is 28.5. The van der Waals surface area contributed by atoms with Crippen LogP contribution in [0.4, 0.5) is 23.5 Å². The molecule has 0 aliphatic heterocycles. The van der Waals surface area contributed by atoms with Crippen molar-refractivity contribution in [3.8, 4) is 0 Å². The second kappa shape index (κ2) is 13.2. The summed E-state index contributed by atoms with van der Waals surface area (Å²) in [6.45, 7) is 10.6. The van der Waals surface area contributed by atoms with E-state index in [-0.39, 0.29) is 17.9 Å². The Morgan fingerprint density at radius 3 is 1.92 bits per heavy atom. The summed E-state index contributed by atoms with van der Waals surface area (Å²) in [5.74, 6) is 1.26. The average Bonchev–Trinajstić information content (AvgIpc) is 3.27. The Balaban J connectivity index is 1.08. The van der Waals surface area contributed by atoms with Crippen LogP contribution in [-0.4, -0.2) is 53.9 Å². The van der Waals surface area contributed by atoms with Gasteiger partial charge in [-0.3, -0.25) is 4.68 Å². The second-order valence-corrected chi connectivity index (χ2v) is 14.6. The number of nitrogen functional groups attached to an aromatic ring is 2. The first kappa shape index (κ1) is 33.5. The van der Waals surface area contributed by atoms with Gasteiger partial charge in [-0.2, -0.15) is 25.0 Å². The van der Waals surface area contributed by atoms with Crippen molar-refractivity contribution in [3.05, 3.63) is 87.0 Å². The number of nitrogens with one attached hydrogen (secondary N) is 2. The van der Waals surface area contributed by atoms with Crippen molar-refractivity contribution in [1.29, 1.82) is 0 Å². The molecule has 0 atom stereocenters. The van der Waals surface area contributed by atoms with Gasteiger partial charge in [-0.05, 0) is 69.0 Å². The highest BCUT2D eigenvalue weighted by Gasteiger charge is 2.17. The number of fused-ring (bicyclic) bond motifs is 2. The normalized spacial score (nSPS) is 11.8. The van der Waals surface area contributed by atoms with Crippen molar-refractivity contribution >= 4 is 55.4 Å². The molecule has 0 spiro atoms. The zero-order valence-corrected chi connectivity index (χ0v) is 29.3. The number of hydrogen-bond donors (Lipinski definition) is 4. The van der Waals surface area contributed by atoms with E-state index in [4.69, 9.17) is 11.5 Å². The number of nitrogens with two attached hydrogens (primary N) is 2. The summed E-state index contributed by atoms with van der Waals surface area (Å²) in [6.07, 6.45) is 0.241. The Bertz CT molecular complexity index is 2320. The third-order valence-electron chi connectivity index (χ3n) is 8.58. The minimum atomic E-state index is -3.44. The molecule has 6 aromatic rings. The number of pyridine rings is 2. The Labute approximate surface area is 284 Å². The average molecular weight is 681 g/mol. The van der Waals surface area contributed by atoms with Gasteiger partial charge in [-0.25, -0.2) is 18.4 Å². The number of sulfone groups is 1. The molecule has 0 fully saturated rings. The van der Waals surface area contributed by atoms with Gasteiger partial charge in [-0.1, -0.05) is 24.3 Å². The van der Waals surface area contributed by atoms with Gasteiger partial charge in [0.05, 0.1) is 28.0 Å². The summed E-state index contributed by atoms with van der Waals surface area (Å²) in [5.41, 5.74) is 21.4. The fourth-order valence-corrected chi connectivity index (χ4v) is 7.34. The topological polar surface area (TPSA) is 205 Å². The molecule has 5 aromatic heterocycles. The van der Waals surface area contributed by atoms with Crippen LogP contribution in [0.5, 0.6) is 0 Å². The Morgan fingerprint density at radius 2 is 1.31 bits per heavy atom. The predicted octanol–water partition coefficient (Wildman–Crippen LogP) is 4.18. The lowest BCUT2D eigenvalue weighted by Gasteiger charge is -2.11. The lowest BCUT2D eigenvalue weighted by molar-refractivity contribution is 0.594. The predicted molar refractivity (Wildman–Crippen MR) is 193 cm³/mol. The summed E-state index contributed by atoms with van der Waals surface area (Å²) >= 11 is 0. The monoisotopic (exact) mass is 680 g/mol. The second-order valence-electron chi connectivity index (χ2n) is 12.4. The number of hydrogen-bond acceptors (Lipinski definition) is 13. The molecule has 6 rings (SSSR count). The fourth-order valence-electron chi connectivity index (χ4n) is 5.97. The molecular formula is C34H40N12O2S. The van der Waals surface area contributed by atoms with E-state index in [2.05, 4.69) is 45.6 Å². The molecule has 0 radical (unpaired) electrons. The first-order valence-electron chi connectivity index (χ1n) is 15.9. The van der Waals surface area contributed by atoms with Gasteiger partial charge in [0.2, 0.25) is 11.9 Å². The quantitative estimate of drug-likeness (QED) is 0.152. The maximum absolute atomic E-state index is 13.2. The van der Waals surface area contributed by atoms with Crippen LogP contribution in [0.25, 0.3) is 22.1 Å². The van der Waals surface area contributed by atoms with Crippen LogP contribution in [0.15, 0.2) is 36.4 Å². The molecule has 0 amide bonds. The van der Waals surface area contributed by atoms with E-state index < -0.39 is 9.84 Å². The smallest absolute Gasteiger partial charge is 0.226 e. The third-order valence-corrected chi connectivity index (χ3v) is 10.2. The summed E-state index contributed by atoms with van der Waals surface area (Å²) < 4.78 is 28.1. The van der Waals surface area contributed by atoms with Crippen LogP contribution in [0.1, 0.15) is 50.6 Å². The number of aromatic nitrogens is 8. The third kappa shape index (κ3) is 7.36. The summed E-state index contributed by atoms with van der Waals surface area (Å²) in [6, 6.07) is 11.2. The van der Waals surface area contributed by atoms with Gasteiger partial charge < -0.3 is 22.1 Å². The molecule has 5 heterocycles. The Kier molecular flexibility index (Phi) is 9.03. The van der Waals surface area contributed by atoms with Crippen LogP contribution >= 0.6 is 0 Å². The number of rotatable bonds is 11. The van der Waals surface area contributed by atoms with Crippen LogP contribution < -0.4 is 22.1 Å². The van der Waals surface area contributed by atoms with Crippen LogP contribution in [-0.2, 0) is 42.1 Å².